The lowest BCUT2D eigenvalue weighted by Crippen LogP contribution is -2.12. The Morgan fingerprint density at radius 1 is 1.03 bits per heavy atom. The molecule has 0 saturated carbocycles. The minimum Gasteiger partial charge on any atom is -0.420 e. The minimum atomic E-state index is -0.0775. The first-order chi connectivity index (χ1) is 14.7. The smallest absolute Gasteiger partial charge is 0.248 e. The maximum atomic E-state index is 12.1. The van der Waals surface area contributed by atoms with Crippen molar-refractivity contribution in [3.8, 4) is 11.5 Å². The molecule has 4 aromatic rings. The van der Waals surface area contributed by atoms with Gasteiger partial charge in [0.05, 0.1) is 5.75 Å². The number of thioether (sulfide) groups is 1. The number of anilines is 1. The van der Waals surface area contributed by atoms with Gasteiger partial charge in [0.15, 0.2) is 4.34 Å². The molecular formula is C21H19N5O2S2. The van der Waals surface area contributed by atoms with E-state index in [9.17, 15) is 4.79 Å². The van der Waals surface area contributed by atoms with Gasteiger partial charge in [0.2, 0.25) is 22.8 Å². The molecule has 4 rings (SSSR count). The van der Waals surface area contributed by atoms with Gasteiger partial charge in [-0.2, -0.15) is 0 Å². The lowest BCUT2D eigenvalue weighted by Gasteiger charge is -2.01. The Hall–Kier alpha value is -3.04. The highest BCUT2D eigenvalue weighted by Crippen LogP contribution is 2.29. The fraction of sp³-hybridized carbons (Fsp3) is 0.190. The number of hydrogen-bond acceptors (Lipinski definition) is 8. The van der Waals surface area contributed by atoms with Crippen LogP contribution >= 0.6 is 23.1 Å². The molecule has 1 amide bonds. The molecule has 2 aromatic heterocycles. The van der Waals surface area contributed by atoms with Crippen LogP contribution in [-0.2, 0) is 17.0 Å². The second-order valence-electron chi connectivity index (χ2n) is 6.51. The van der Waals surface area contributed by atoms with Crippen LogP contribution in [0.3, 0.4) is 0 Å². The van der Waals surface area contributed by atoms with Crippen molar-refractivity contribution in [2.45, 2.75) is 29.9 Å². The van der Waals surface area contributed by atoms with Crippen LogP contribution in [0.4, 0.5) is 5.13 Å². The first-order valence-electron chi connectivity index (χ1n) is 9.36. The number of amides is 1. The van der Waals surface area contributed by atoms with Crippen molar-refractivity contribution in [1.82, 2.24) is 20.4 Å². The van der Waals surface area contributed by atoms with Gasteiger partial charge in [-0.05, 0) is 30.5 Å². The number of carbonyl (C=O) groups is 1. The van der Waals surface area contributed by atoms with Gasteiger partial charge < -0.3 is 9.73 Å². The summed E-state index contributed by atoms with van der Waals surface area (Å²) < 4.78 is 6.49. The first-order valence-corrected chi connectivity index (χ1v) is 11.2. The molecule has 2 aromatic carbocycles. The van der Waals surface area contributed by atoms with E-state index in [2.05, 4.69) is 25.7 Å². The van der Waals surface area contributed by atoms with E-state index in [0.717, 1.165) is 21.0 Å². The molecule has 9 heteroatoms. The van der Waals surface area contributed by atoms with Crippen LogP contribution in [0.25, 0.3) is 11.5 Å². The quantitative estimate of drug-likeness (QED) is 0.314. The number of carbonyl (C=O) groups excluding carboxylic acids is 1. The summed E-state index contributed by atoms with van der Waals surface area (Å²) in [7, 11) is 0. The molecule has 30 heavy (non-hydrogen) atoms. The van der Waals surface area contributed by atoms with E-state index in [4.69, 9.17) is 4.42 Å². The van der Waals surface area contributed by atoms with Crippen molar-refractivity contribution >= 4 is 34.1 Å². The lowest BCUT2D eigenvalue weighted by molar-refractivity contribution is -0.116. The molecule has 0 bridgehead atoms. The molecule has 0 saturated heterocycles. The van der Waals surface area contributed by atoms with Crippen LogP contribution in [-0.4, -0.2) is 26.3 Å². The Morgan fingerprint density at radius 2 is 1.83 bits per heavy atom. The second kappa shape index (κ2) is 9.64. The number of rotatable bonds is 8. The van der Waals surface area contributed by atoms with Crippen LogP contribution in [0, 0.1) is 6.92 Å². The highest BCUT2D eigenvalue weighted by atomic mass is 32.2. The van der Waals surface area contributed by atoms with Crippen LogP contribution in [0.5, 0.6) is 0 Å². The summed E-state index contributed by atoms with van der Waals surface area (Å²) in [6.07, 6.45) is 1.09. The molecule has 7 nitrogen and oxygen atoms in total. The SMILES string of the molecule is Cc1ccccc1-c1nnc(CSc2nnc(NC(=O)CCc3ccccc3)s2)o1. The summed E-state index contributed by atoms with van der Waals surface area (Å²) in [4.78, 5) is 12.1. The Labute approximate surface area is 182 Å². The minimum absolute atomic E-state index is 0.0775. The van der Waals surface area contributed by atoms with Crippen molar-refractivity contribution in [3.63, 3.8) is 0 Å². The first kappa shape index (κ1) is 20.2. The molecule has 2 heterocycles. The molecule has 1 N–H and O–H groups in total. The average molecular weight is 438 g/mol. The molecule has 0 atom stereocenters. The van der Waals surface area contributed by atoms with Crippen molar-refractivity contribution in [2.75, 3.05) is 5.32 Å². The van der Waals surface area contributed by atoms with Crippen molar-refractivity contribution in [2.24, 2.45) is 0 Å². The standard InChI is InChI=1S/C21H19N5O2S2/c1-14-7-5-6-10-16(14)19-24-23-18(28-19)13-29-21-26-25-20(30-21)22-17(27)12-11-15-8-3-2-4-9-15/h2-10H,11-13H2,1H3,(H,22,25,27). The van der Waals surface area contributed by atoms with Crippen LogP contribution < -0.4 is 5.32 Å². The van der Waals surface area contributed by atoms with Gasteiger partial charge in [0, 0.05) is 12.0 Å². The van der Waals surface area contributed by atoms with Gasteiger partial charge in [-0.15, -0.1) is 20.4 Å². The number of nitrogens with one attached hydrogen (secondary N) is 1. The number of nitrogens with zero attached hydrogens (tertiary/aromatic N) is 4. The Balaban J connectivity index is 1.28. The topological polar surface area (TPSA) is 93.8 Å². The van der Waals surface area contributed by atoms with E-state index >= 15 is 0 Å². The number of benzene rings is 2. The fourth-order valence-electron chi connectivity index (χ4n) is 2.76. The van der Waals surface area contributed by atoms with E-state index in [-0.39, 0.29) is 5.91 Å². The van der Waals surface area contributed by atoms with E-state index in [1.54, 1.807) is 0 Å². The summed E-state index contributed by atoms with van der Waals surface area (Å²) in [5.74, 6) is 1.43. The summed E-state index contributed by atoms with van der Waals surface area (Å²) >= 11 is 2.77. The number of aromatic nitrogens is 4. The zero-order valence-corrected chi connectivity index (χ0v) is 17.9. The Bertz CT molecular complexity index is 1130. The Morgan fingerprint density at radius 3 is 2.67 bits per heavy atom. The zero-order valence-electron chi connectivity index (χ0n) is 16.2. The lowest BCUT2D eigenvalue weighted by atomic mass is 10.1. The van der Waals surface area contributed by atoms with Crippen molar-refractivity contribution < 1.29 is 9.21 Å². The van der Waals surface area contributed by atoms with E-state index in [1.165, 1.54) is 23.1 Å². The predicted molar refractivity (Wildman–Crippen MR) is 117 cm³/mol. The summed E-state index contributed by atoms with van der Waals surface area (Å²) in [5.41, 5.74) is 3.14. The predicted octanol–water partition coefficient (Wildman–Crippen LogP) is 4.76. The molecule has 152 valence electrons. The summed E-state index contributed by atoms with van der Waals surface area (Å²) in [6, 6.07) is 17.8. The third kappa shape index (κ3) is 5.31. The van der Waals surface area contributed by atoms with Gasteiger partial charge in [-0.1, -0.05) is 71.6 Å². The molecular weight excluding hydrogens is 418 g/mol. The van der Waals surface area contributed by atoms with E-state index in [1.807, 2.05) is 61.5 Å². The highest BCUT2D eigenvalue weighted by Gasteiger charge is 2.13. The highest BCUT2D eigenvalue weighted by molar-refractivity contribution is 8.00. The van der Waals surface area contributed by atoms with E-state index < -0.39 is 0 Å². The summed E-state index contributed by atoms with van der Waals surface area (Å²) in [5, 5.41) is 19.7. The van der Waals surface area contributed by atoms with Crippen molar-refractivity contribution in [3.05, 3.63) is 71.6 Å². The zero-order chi connectivity index (χ0) is 20.8. The van der Waals surface area contributed by atoms with Crippen molar-refractivity contribution in [1.29, 1.82) is 0 Å². The number of hydrogen-bond donors (Lipinski definition) is 1. The van der Waals surface area contributed by atoms with Crippen LogP contribution in [0.15, 0.2) is 63.4 Å². The van der Waals surface area contributed by atoms with Gasteiger partial charge in [-0.3, -0.25) is 4.79 Å². The molecule has 0 aliphatic carbocycles. The van der Waals surface area contributed by atoms with Gasteiger partial charge in [0.1, 0.15) is 0 Å². The average Bonchev–Trinajstić information content (AvgIpc) is 3.41. The molecule has 0 radical (unpaired) electrons. The van der Waals surface area contributed by atoms with Crippen LogP contribution in [0.2, 0.25) is 0 Å². The summed E-state index contributed by atoms with van der Waals surface area (Å²) in [6.45, 7) is 2.00. The molecule has 0 spiro atoms. The fourth-order valence-corrected chi connectivity index (χ4v) is 4.37. The van der Waals surface area contributed by atoms with Gasteiger partial charge >= 0.3 is 0 Å². The molecule has 0 aliphatic heterocycles. The normalized spacial score (nSPS) is 10.8. The monoisotopic (exact) mass is 437 g/mol. The van der Waals surface area contributed by atoms with Gasteiger partial charge in [0.25, 0.3) is 0 Å². The second-order valence-corrected chi connectivity index (χ2v) is 8.71. The number of aryl methyl sites for hydroxylation is 2. The molecule has 0 aliphatic rings. The third-order valence-corrected chi connectivity index (χ3v) is 6.25. The maximum absolute atomic E-state index is 12.1. The largest absolute Gasteiger partial charge is 0.420 e. The molecule has 0 fully saturated rings. The molecule has 0 unspecified atom stereocenters. The van der Waals surface area contributed by atoms with Crippen LogP contribution in [0.1, 0.15) is 23.4 Å². The van der Waals surface area contributed by atoms with Gasteiger partial charge in [-0.25, -0.2) is 0 Å². The Kier molecular flexibility index (Phi) is 6.50. The third-order valence-electron chi connectivity index (χ3n) is 4.30. The maximum Gasteiger partial charge on any atom is 0.248 e. The van der Waals surface area contributed by atoms with E-state index in [0.29, 0.717) is 35.5 Å².